The minimum atomic E-state index is -0.558. The molecule has 1 N–H and O–H groups in total. The van der Waals surface area contributed by atoms with Crippen molar-refractivity contribution in [3.63, 3.8) is 0 Å². The summed E-state index contributed by atoms with van der Waals surface area (Å²) in [5.41, 5.74) is 3.80. The van der Waals surface area contributed by atoms with Crippen LogP contribution in [0.1, 0.15) is 39.8 Å². The first-order valence-corrected chi connectivity index (χ1v) is 11.4. The molecule has 0 aliphatic carbocycles. The highest BCUT2D eigenvalue weighted by molar-refractivity contribution is 5.95. The van der Waals surface area contributed by atoms with Gasteiger partial charge in [0.05, 0.1) is 12.1 Å². The van der Waals surface area contributed by atoms with E-state index in [0.29, 0.717) is 30.0 Å². The summed E-state index contributed by atoms with van der Waals surface area (Å²) < 4.78 is 13.6. The quantitative estimate of drug-likeness (QED) is 0.438. The van der Waals surface area contributed by atoms with Gasteiger partial charge >= 0.3 is 6.09 Å². The fourth-order valence-electron chi connectivity index (χ4n) is 3.92. The van der Waals surface area contributed by atoms with Gasteiger partial charge in [-0.1, -0.05) is 19.1 Å². The van der Waals surface area contributed by atoms with E-state index in [0.717, 1.165) is 28.0 Å². The molecule has 0 saturated heterocycles. The maximum absolute atomic E-state index is 12.4. The number of amides is 1. The van der Waals surface area contributed by atoms with Crippen molar-refractivity contribution in [3.05, 3.63) is 36.3 Å². The van der Waals surface area contributed by atoms with Crippen LogP contribution in [0.25, 0.3) is 33.5 Å². The highest BCUT2D eigenvalue weighted by Crippen LogP contribution is 2.32. The van der Waals surface area contributed by atoms with Crippen LogP contribution in [-0.2, 0) is 11.8 Å². The summed E-state index contributed by atoms with van der Waals surface area (Å²) in [5.74, 6) is 1.16. The third-order valence-corrected chi connectivity index (χ3v) is 5.57. The average molecular weight is 465 g/mol. The second-order valence-electron chi connectivity index (χ2n) is 9.58. The highest BCUT2D eigenvalue weighted by atomic mass is 16.6. The number of benzene rings is 1. The first-order valence-electron chi connectivity index (χ1n) is 11.4. The number of carbonyl (C=O) groups is 1. The summed E-state index contributed by atoms with van der Waals surface area (Å²) in [5, 5.41) is 1.13. The minimum Gasteiger partial charge on any atom is -0.471 e. The Hall–Kier alpha value is -3.62. The Morgan fingerprint density at radius 1 is 1.26 bits per heavy atom. The molecular weight excluding hydrogens is 432 g/mol. The number of H-pyrrole nitrogens is 1. The number of imidazole rings is 1. The van der Waals surface area contributed by atoms with Crippen molar-refractivity contribution in [2.75, 3.05) is 13.6 Å². The molecule has 1 amide bonds. The number of hydrogen-bond donors (Lipinski definition) is 1. The molecule has 1 atom stereocenters. The number of ether oxygens (including phenoxy) is 2. The van der Waals surface area contributed by atoms with Gasteiger partial charge in [-0.3, -0.25) is 0 Å². The Bertz CT molecular complexity index is 1330. The van der Waals surface area contributed by atoms with Gasteiger partial charge in [0.1, 0.15) is 23.9 Å². The van der Waals surface area contributed by atoms with Crippen LogP contribution >= 0.6 is 0 Å². The molecule has 9 nitrogen and oxygen atoms in total. The third kappa shape index (κ3) is 4.69. The Morgan fingerprint density at radius 3 is 2.74 bits per heavy atom. The SMILES string of the molecule is CCC(CN(C)C(=O)OC(C)(C)C)Oc1ncnc2c1nc(-c1cccc3cc(C)[nH]c13)n2C. The standard InChI is InChI=1S/C25H32N6O3/c1-8-17(13-30(6)24(32)34-25(3,4)5)33-23-20-22(26-14-27-23)31(7)21(29-20)18-11-9-10-16-12-15(2)28-19(16)18/h9-12,14,17,28H,8,13H2,1-7H3. The molecule has 3 heterocycles. The zero-order valence-corrected chi connectivity index (χ0v) is 20.8. The summed E-state index contributed by atoms with van der Waals surface area (Å²) in [7, 11) is 3.64. The second-order valence-corrected chi connectivity index (χ2v) is 9.58. The molecule has 4 rings (SSSR count). The largest absolute Gasteiger partial charge is 0.471 e. The molecule has 34 heavy (non-hydrogen) atoms. The zero-order valence-electron chi connectivity index (χ0n) is 20.8. The topological polar surface area (TPSA) is 98.2 Å². The van der Waals surface area contributed by atoms with Gasteiger partial charge in [-0.15, -0.1) is 0 Å². The lowest BCUT2D eigenvalue weighted by atomic mass is 10.1. The van der Waals surface area contributed by atoms with E-state index in [1.165, 1.54) is 11.2 Å². The van der Waals surface area contributed by atoms with Crippen molar-refractivity contribution >= 4 is 28.2 Å². The number of likely N-dealkylation sites (N-methyl/N-ethyl adjacent to an activating group) is 1. The average Bonchev–Trinajstić information content (AvgIpc) is 3.31. The number of nitrogens with one attached hydrogen (secondary N) is 1. The van der Waals surface area contributed by atoms with E-state index in [1.807, 2.05) is 58.4 Å². The normalized spacial score (nSPS) is 12.8. The molecule has 3 aromatic heterocycles. The first-order chi connectivity index (χ1) is 16.1. The first kappa shape index (κ1) is 23.5. The van der Waals surface area contributed by atoms with Crippen molar-refractivity contribution < 1.29 is 14.3 Å². The van der Waals surface area contributed by atoms with E-state index in [2.05, 4.69) is 27.1 Å². The number of fused-ring (bicyclic) bond motifs is 2. The van der Waals surface area contributed by atoms with Gasteiger partial charge < -0.3 is 23.9 Å². The smallest absolute Gasteiger partial charge is 0.410 e. The van der Waals surface area contributed by atoms with Crippen LogP contribution in [0.4, 0.5) is 4.79 Å². The molecule has 1 unspecified atom stereocenters. The Morgan fingerprint density at radius 2 is 2.03 bits per heavy atom. The van der Waals surface area contributed by atoms with E-state index < -0.39 is 11.7 Å². The molecule has 0 radical (unpaired) electrons. The van der Waals surface area contributed by atoms with Crippen molar-refractivity contribution in [1.29, 1.82) is 0 Å². The molecule has 0 saturated carbocycles. The number of nitrogens with zero attached hydrogens (tertiary/aromatic N) is 5. The maximum atomic E-state index is 12.4. The summed E-state index contributed by atoms with van der Waals surface area (Å²) in [4.78, 5) is 31.0. The predicted octanol–water partition coefficient (Wildman–Crippen LogP) is 4.84. The summed E-state index contributed by atoms with van der Waals surface area (Å²) in [6, 6.07) is 8.25. The Labute approximate surface area is 199 Å². The lowest BCUT2D eigenvalue weighted by molar-refractivity contribution is 0.0223. The third-order valence-electron chi connectivity index (χ3n) is 5.57. The number of aromatic amines is 1. The van der Waals surface area contributed by atoms with Crippen LogP contribution in [-0.4, -0.2) is 60.8 Å². The number of carbonyl (C=O) groups excluding carboxylic acids is 1. The van der Waals surface area contributed by atoms with E-state index in [1.54, 1.807) is 7.05 Å². The monoisotopic (exact) mass is 464 g/mol. The molecule has 4 aromatic rings. The van der Waals surface area contributed by atoms with E-state index in [9.17, 15) is 4.79 Å². The van der Waals surface area contributed by atoms with Crippen LogP contribution in [0.15, 0.2) is 30.6 Å². The van der Waals surface area contributed by atoms with Crippen molar-refractivity contribution in [2.24, 2.45) is 7.05 Å². The fourth-order valence-corrected chi connectivity index (χ4v) is 3.92. The van der Waals surface area contributed by atoms with Gasteiger partial charge in [0.15, 0.2) is 11.2 Å². The Balaban J connectivity index is 1.64. The van der Waals surface area contributed by atoms with Gasteiger partial charge in [0.25, 0.3) is 0 Å². The molecule has 180 valence electrons. The number of para-hydroxylation sites is 1. The van der Waals surface area contributed by atoms with Gasteiger partial charge in [-0.25, -0.2) is 14.8 Å². The molecule has 9 heteroatoms. The van der Waals surface area contributed by atoms with Crippen LogP contribution < -0.4 is 4.74 Å². The van der Waals surface area contributed by atoms with Gasteiger partial charge in [-0.05, 0) is 46.2 Å². The van der Waals surface area contributed by atoms with Crippen LogP contribution in [0, 0.1) is 6.92 Å². The van der Waals surface area contributed by atoms with E-state index in [-0.39, 0.29) is 6.10 Å². The predicted molar refractivity (Wildman–Crippen MR) is 132 cm³/mol. The number of aromatic nitrogens is 5. The lowest BCUT2D eigenvalue weighted by Gasteiger charge is -2.27. The van der Waals surface area contributed by atoms with Crippen LogP contribution in [0.5, 0.6) is 5.88 Å². The van der Waals surface area contributed by atoms with Crippen LogP contribution in [0.3, 0.4) is 0 Å². The summed E-state index contributed by atoms with van der Waals surface area (Å²) >= 11 is 0. The van der Waals surface area contributed by atoms with E-state index in [4.69, 9.17) is 14.5 Å². The van der Waals surface area contributed by atoms with Gasteiger partial charge in [0, 0.05) is 30.7 Å². The molecule has 0 spiro atoms. The molecule has 0 aliphatic heterocycles. The maximum Gasteiger partial charge on any atom is 0.410 e. The number of rotatable bonds is 6. The molecule has 0 aliphatic rings. The lowest BCUT2D eigenvalue weighted by Crippen LogP contribution is -2.40. The van der Waals surface area contributed by atoms with Gasteiger partial charge in [0.2, 0.25) is 5.88 Å². The highest BCUT2D eigenvalue weighted by Gasteiger charge is 2.24. The van der Waals surface area contributed by atoms with Crippen molar-refractivity contribution in [3.8, 4) is 17.3 Å². The molecule has 0 fully saturated rings. The van der Waals surface area contributed by atoms with Gasteiger partial charge in [-0.2, -0.15) is 4.98 Å². The Kier molecular flexibility index (Phi) is 6.20. The van der Waals surface area contributed by atoms with Crippen molar-refractivity contribution in [1.82, 2.24) is 29.4 Å². The summed E-state index contributed by atoms with van der Waals surface area (Å²) in [6.07, 6.45) is 1.49. The fraction of sp³-hybridized carbons (Fsp3) is 0.440. The summed E-state index contributed by atoms with van der Waals surface area (Å²) in [6.45, 7) is 9.94. The second kappa shape index (κ2) is 8.96. The van der Waals surface area contributed by atoms with Crippen LogP contribution in [0.2, 0.25) is 0 Å². The molecule has 1 aromatic carbocycles. The molecular formula is C25H32N6O3. The minimum absolute atomic E-state index is 0.282. The zero-order chi connectivity index (χ0) is 24.6. The number of aryl methyl sites for hydroxylation is 2. The van der Waals surface area contributed by atoms with Crippen molar-refractivity contribution in [2.45, 2.75) is 52.7 Å². The van der Waals surface area contributed by atoms with E-state index >= 15 is 0 Å². The molecule has 0 bridgehead atoms. The number of hydrogen-bond acceptors (Lipinski definition) is 6.